The molecule has 0 aliphatic carbocycles. The summed E-state index contributed by atoms with van der Waals surface area (Å²) in [4.78, 5) is 10.6. The van der Waals surface area contributed by atoms with Crippen molar-refractivity contribution in [3.8, 4) is 0 Å². The Bertz CT molecular complexity index is 287. The zero-order valence-corrected chi connectivity index (χ0v) is 9.31. The minimum absolute atomic E-state index is 0.280. The molecule has 1 saturated heterocycles. The highest BCUT2D eigenvalue weighted by Gasteiger charge is 2.20. The van der Waals surface area contributed by atoms with E-state index in [-0.39, 0.29) is 6.04 Å². The predicted octanol–water partition coefficient (Wildman–Crippen LogP) is 0.619. The number of hydrogen-bond donors (Lipinski definition) is 1. The Kier molecular flexibility index (Phi) is 2.63. The number of halogens is 1. The largest absolute Gasteiger partial charge is 0.339 e. The maximum atomic E-state index is 5.79. The summed E-state index contributed by atoms with van der Waals surface area (Å²) in [5, 5.41) is 0. The van der Waals surface area contributed by atoms with Crippen molar-refractivity contribution >= 4 is 28.5 Å². The molecule has 5 heteroatoms. The molecular formula is C8H11IN4. The Morgan fingerprint density at radius 2 is 2.15 bits per heavy atom. The minimum Gasteiger partial charge on any atom is -0.339 e. The second-order valence-electron chi connectivity index (χ2n) is 3.20. The zero-order valence-electron chi connectivity index (χ0n) is 7.15. The molecule has 4 nitrogen and oxygen atoms in total. The van der Waals surface area contributed by atoms with Crippen molar-refractivity contribution in [3.63, 3.8) is 0 Å². The zero-order chi connectivity index (χ0) is 9.26. The van der Waals surface area contributed by atoms with Crippen LogP contribution in [0.1, 0.15) is 6.42 Å². The molecule has 1 aromatic heterocycles. The second-order valence-corrected chi connectivity index (χ2v) is 4.44. The van der Waals surface area contributed by atoms with Crippen molar-refractivity contribution in [2.45, 2.75) is 12.5 Å². The van der Waals surface area contributed by atoms with Gasteiger partial charge in [-0.1, -0.05) is 0 Å². The number of anilines is 1. The van der Waals surface area contributed by atoms with Crippen LogP contribution < -0.4 is 10.6 Å². The van der Waals surface area contributed by atoms with Gasteiger partial charge in [-0.05, 0) is 29.0 Å². The lowest BCUT2D eigenvalue weighted by Crippen LogP contribution is -2.27. The molecule has 2 heterocycles. The molecular weight excluding hydrogens is 279 g/mol. The van der Waals surface area contributed by atoms with E-state index in [0.717, 1.165) is 29.0 Å². The molecule has 70 valence electrons. The maximum Gasteiger partial charge on any atom is 0.225 e. The van der Waals surface area contributed by atoms with Crippen LogP contribution in [0.5, 0.6) is 0 Å². The fraction of sp³-hybridized carbons (Fsp3) is 0.500. The second kappa shape index (κ2) is 3.75. The maximum absolute atomic E-state index is 5.79. The third kappa shape index (κ3) is 2.08. The Morgan fingerprint density at radius 3 is 2.69 bits per heavy atom. The van der Waals surface area contributed by atoms with Crippen LogP contribution in [0.2, 0.25) is 0 Å². The topological polar surface area (TPSA) is 55.0 Å². The Morgan fingerprint density at radius 1 is 1.46 bits per heavy atom. The van der Waals surface area contributed by atoms with Crippen LogP contribution in [0.25, 0.3) is 0 Å². The van der Waals surface area contributed by atoms with Crippen LogP contribution in [-0.4, -0.2) is 29.1 Å². The van der Waals surface area contributed by atoms with E-state index in [9.17, 15) is 0 Å². The highest BCUT2D eigenvalue weighted by atomic mass is 127. The third-order valence-electron chi connectivity index (χ3n) is 2.11. The lowest BCUT2D eigenvalue weighted by Gasteiger charge is -2.14. The Labute approximate surface area is 90.7 Å². The quantitative estimate of drug-likeness (QED) is 0.770. The van der Waals surface area contributed by atoms with E-state index >= 15 is 0 Å². The van der Waals surface area contributed by atoms with Gasteiger partial charge >= 0.3 is 0 Å². The lowest BCUT2D eigenvalue weighted by atomic mass is 10.3. The molecule has 1 aromatic rings. The molecule has 0 saturated carbocycles. The highest BCUT2D eigenvalue weighted by molar-refractivity contribution is 14.1. The van der Waals surface area contributed by atoms with Crippen molar-refractivity contribution in [1.82, 2.24) is 9.97 Å². The van der Waals surface area contributed by atoms with E-state index in [1.807, 2.05) is 12.4 Å². The van der Waals surface area contributed by atoms with E-state index in [1.54, 1.807) is 0 Å². The molecule has 0 radical (unpaired) electrons. The summed E-state index contributed by atoms with van der Waals surface area (Å²) in [6.45, 7) is 1.85. The first-order valence-electron chi connectivity index (χ1n) is 4.24. The standard InChI is InChI=1S/C8H11IN4/c9-6-3-11-8(12-4-6)13-2-1-7(10)5-13/h3-4,7H,1-2,5,10H2. The van der Waals surface area contributed by atoms with Crippen molar-refractivity contribution < 1.29 is 0 Å². The molecule has 1 aliphatic rings. The Balaban J connectivity index is 2.13. The van der Waals surface area contributed by atoms with Gasteiger partial charge in [0.15, 0.2) is 0 Å². The first-order chi connectivity index (χ1) is 6.25. The summed E-state index contributed by atoms with van der Waals surface area (Å²) < 4.78 is 1.06. The first kappa shape index (κ1) is 9.14. The Hall–Kier alpha value is -0.430. The number of nitrogens with two attached hydrogens (primary N) is 1. The molecule has 1 unspecified atom stereocenters. The number of aromatic nitrogens is 2. The third-order valence-corrected chi connectivity index (χ3v) is 2.67. The van der Waals surface area contributed by atoms with E-state index in [1.165, 1.54) is 0 Å². The molecule has 2 rings (SSSR count). The molecule has 1 atom stereocenters. The van der Waals surface area contributed by atoms with Crippen LogP contribution in [0, 0.1) is 3.57 Å². The van der Waals surface area contributed by atoms with Gasteiger partial charge in [0, 0.05) is 35.1 Å². The van der Waals surface area contributed by atoms with E-state index in [0.29, 0.717) is 0 Å². The van der Waals surface area contributed by atoms with Crippen molar-refractivity contribution in [3.05, 3.63) is 16.0 Å². The smallest absolute Gasteiger partial charge is 0.225 e. The van der Waals surface area contributed by atoms with Crippen LogP contribution in [0.3, 0.4) is 0 Å². The number of hydrogen-bond acceptors (Lipinski definition) is 4. The summed E-state index contributed by atoms with van der Waals surface area (Å²) >= 11 is 2.20. The van der Waals surface area contributed by atoms with Gasteiger partial charge in [0.1, 0.15) is 0 Å². The van der Waals surface area contributed by atoms with Crippen LogP contribution in [0.4, 0.5) is 5.95 Å². The lowest BCUT2D eigenvalue weighted by molar-refractivity contribution is 0.750. The van der Waals surface area contributed by atoms with E-state index in [2.05, 4.69) is 37.5 Å². The van der Waals surface area contributed by atoms with Gasteiger partial charge in [0.05, 0.1) is 0 Å². The summed E-state index contributed by atoms with van der Waals surface area (Å²) in [6, 6.07) is 0.280. The van der Waals surface area contributed by atoms with Crippen LogP contribution in [0.15, 0.2) is 12.4 Å². The molecule has 13 heavy (non-hydrogen) atoms. The molecule has 2 N–H and O–H groups in total. The van der Waals surface area contributed by atoms with Gasteiger partial charge in [0.25, 0.3) is 0 Å². The van der Waals surface area contributed by atoms with Gasteiger partial charge < -0.3 is 10.6 Å². The molecule has 1 fully saturated rings. The normalized spacial score (nSPS) is 22.3. The molecule has 0 bridgehead atoms. The van der Waals surface area contributed by atoms with Gasteiger partial charge in [0.2, 0.25) is 5.95 Å². The van der Waals surface area contributed by atoms with Crippen molar-refractivity contribution in [2.24, 2.45) is 5.73 Å². The van der Waals surface area contributed by atoms with Crippen molar-refractivity contribution in [2.75, 3.05) is 18.0 Å². The molecule has 0 aromatic carbocycles. The van der Waals surface area contributed by atoms with E-state index < -0.39 is 0 Å². The average molecular weight is 290 g/mol. The van der Waals surface area contributed by atoms with Gasteiger partial charge in [-0.2, -0.15) is 0 Å². The highest BCUT2D eigenvalue weighted by Crippen LogP contribution is 2.14. The van der Waals surface area contributed by atoms with Crippen molar-refractivity contribution in [1.29, 1.82) is 0 Å². The monoisotopic (exact) mass is 290 g/mol. The van der Waals surface area contributed by atoms with Crippen LogP contribution >= 0.6 is 22.6 Å². The molecule has 1 aliphatic heterocycles. The number of rotatable bonds is 1. The predicted molar refractivity (Wildman–Crippen MR) is 59.6 cm³/mol. The SMILES string of the molecule is NC1CCN(c2ncc(I)cn2)C1. The fourth-order valence-corrected chi connectivity index (χ4v) is 1.72. The van der Waals surface area contributed by atoms with Gasteiger partial charge in [-0.3, -0.25) is 0 Å². The minimum atomic E-state index is 0.280. The summed E-state index contributed by atoms with van der Waals surface area (Å²) in [5.74, 6) is 0.799. The summed E-state index contributed by atoms with van der Waals surface area (Å²) in [6.07, 6.45) is 4.69. The first-order valence-corrected chi connectivity index (χ1v) is 5.31. The van der Waals surface area contributed by atoms with Gasteiger partial charge in [-0.15, -0.1) is 0 Å². The summed E-state index contributed by atoms with van der Waals surface area (Å²) in [7, 11) is 0. The molecule has 0 spiro atoms. The van der Waals surface area contributed by atoms with Gasteiger partial charge in [-0.25, -0.2) is 9.97 Å². The summed E-state index contributed by atoms with van der Waals surface area (Å²) in [5.41, 5.74) is 5.79. The van der Waals surface area contributed by atoms with Crippen LogP contribution in [-0.2, 0) is 0 Å². The van der Waals surface area contributed by atoms with E-state index in [4.69, 9.17) is 5.73 Å². The molecule has 0 amide bonds. The average Bonchev–Trinajstić information content (AvgIpc) is 2.53. The number of nitrogens with zero attached hydrogens (tertiary/aromatic N) is 3. The fourth-order valence-electron chi connectivity index (χ4n) is 1.44.